The van der Waals surface area contributed by atoms with E-state index < -0.39 is 9.73 Å². The summed E-state index contributed by atoms with van der Waals surface area (Å²) >= 11 is 0. The Morgan fingerprint density at radius 3 is 2.26 bits per heavy atom. The minimum absolute atomic E-state index is 0.272. The summed E-state index contributed by atoms with van der Waals surface area (Å²) < 4.78 is 20.1. The standard InChI is InChI=1S/C21H24N4OS/c1-27(26,19-15-9-4-10-16-19)23-21-20(17-11-5-2-6-12-17)22-24-25(21)18-13-7-3-8-14-18/h2,4-6,9-12,15-16,18H,3,7-8,13-14H2,1H3. The van der Waals surface area contributed by atoms with Gasteiger partial charge in [-0.3, -0.25) is 0 Å². The predicted molar refractivity (Wildman–Crippen MR) is 108 cm³/mol. The van der Waals surface area contributed by atoms with E-state index in [2.05, 4.69) is 10.3 Å². The Labute approximate surface area is 160 Å². The summed E-state index contributed by atoms with van der Waals surface area (Å²) in [6, 6.07) is 19.6. The Morgan fingerprint density at radius 2 is 1.59 bits per heavy atom. The normalized spacial score (nSPS) is 17.4. The van der Waals surface area contributed by atoms with Gasteiger partial charge in [-0.2, -0.15) is 4.36 Å². The smallest absolute Gasteiger partial charge is 0.189 e. The van der Waals surface area contributed by atoms with Crippen molar-refractivity contribution < 1.29 is 4.21 Å². The van der Waals surface area contributed by atoms with Gasteiger partial charge >= 0.3 is 0 Å². The van der Waals surface area contributed by atoms with Crippen LogP contribution < -0.4 is 0 Å². The highest BCUT2D eigenvalue weighted by Gasteiger charge is 2.24. The molecule has 2 aromatic carbocycles. The van der Waals surface area contributed by atoms with E-state index in [1.807, 2.05) is 65.3 Å². The molecule has 1 aromatic heterocycles. The second-order valence-electron chi connectivity index (χ2n) is 7.07. The number of benzene rings is 2. The van der Waals surface area contributed by atoms with E-state index in [1.165, 1.54) is 19.3 Å². The number of hydrogen-bond acceptors (Lipinski definition) is 4. The first-order valence-electron chi connectivity index (χ1n) is 9.43. The lowest BCUT2D eigenvalue weighted by Crippen LogP contribution is -2.14. The third-order valence-electron chi connectivity index (χ3n) is 5.08. The summed E-state index contributed by atoms with van der Waals surface area (Å²) in [5, 5.41) is 8.87. The molecule has 0 bridgehead atoms. The summed E-state index contributed by atoms with van der Waals surface area (Å²) in [5.41, 5.74) is 1.65. The first-order chi connectivity index (χ1) is 13.1. The van der Waals surface area contributed by atoms with Gasteiger partial charge in [0.25, 0.3) is 0 Å². The monoisotopic (exact) mass is 380 g/mol. The maximum Gasteiger partial charge on any atom is 0.189 e. The van der Waals surface area contributed by atoms with Gasteiger partial charge in [-0.05, 0) is 25.0 Å². The van der Waals surface area contributed by atoms with Crippen molar-refractivity contribution in [2.75, 3.05) is 6.26 Å². The van der Waals surface area contributed by atoms with Crippen LogP contribution in [0.25, 0.3) is 11.3 Å². The van der Waals surface area contributed by atoms with Gasteiger partial charge in [-0.15, -0.1) is 5.10 Å². The maximum atomic E-state index is 13.4. The van der Waals surface area contributed by atoms with Gasteiger partial charge in [0.15, 0.2) is 5.82 Å². The maximum absolute atomic E-state index is 13.4. The van der Waals surface area contributed by atoms with Gasteiger partial charge in [0.2, 0.25) is 0 Å². The molecule has 3 aromatic rings. The van der Waals surface area contributed by atoms with E-state index in [4.69, 9.17) is 4.36 Å². The number of hydrogen-bond donors (Lipinski definition) is 0. The average molecular weight is 381 g/mol. The molecule has 0 aliphatic heterocycles. The van der Waals surface area contributed by atoms with Crippen LogP contribution in [0.1, 0.15) is 38.1 Å². The lowest BCUT2D eigenvalue weighted by molar-refractivity contribution is 0.327. The van der Waals surface area contributed by atoms with Crippen LogP contribution in [0.4, 0.5) is 5.82 Å². The van der Waals surface area contributed by atoms with Crippen molar-refractivity contribution in [3.63, 3.8) is 0 Å². The van der Waals surface area contributed by atoms with Gasteiger partial charge in [-0.1, -0.05) is 73.0 Å². The topological polar surface area (TPSA) is 60.1 Å². The van der Waals surface area contributed by atoms with Gasteiger partial charge in [0, 0.05) is 16.7 Å². The van der Waals surface area contributed by atoms with E-state index in [0.717, 1.165) is 23.3 Å². The van der Waals surface area contributed by atoms with Crippen LogP contribution >= 0.6 is 0 Å². The fourth-order valence-electron chi connectivity index (χ4n) is 3.62. The molecule has 27 heavy (non-hydrogen) atoms. The largest absolute Gasteiger partial charge is 0.245 e. The molecular formula is C21H24N4OS. The Kier molecular flexibility index (Phi) is 5.07. The molecule has 1 unspecified atom stereocenters. The average Bonchev–Trinajstić information content (AvgIpc) is 3.13. The van der Waals surface area contributed by atoms with Crippen molar-refractivity contribution in [1.29, 1.82) is 0 Å². The van der Waals surface area contributed by atoms with Crippen LogP contribution in [0.15, 0.2) is 69.9 Å². The fourth-order valence-corrected chi connectivity index (χ4v) is 4.89. The van der Waals surface area contributed by atoms with E-state index in [0.29, 0.717) is 11.5 Å². The Morgan fingerprint density at radius 1 is 0.963 bits per heavy atom. The third-order valence-corrected chi connectivity index (χ3v) is 6.75. The van der Waals surface area contributed by atoms with E-state index in [1.54, 1.807) is 6.26 Å². The molecule has 5 nitrogen and oxygen atoms in total. The molecule has 1 aliphatic carbocycles. The number of nitrogens with zero attached hydrogens (tertiary/aromatic N) is 4. The zero-order chi connectivity index (χ0) is 18.7. The van der Waals surface area contributed by atoms with Crippen molar-refractivity contribution in [2.45, 2.75) is 43.0 Å². The van der Waals surface area contributed by atoms with Gasteiger partial charge < -0.3 is 0 Å². The molecule has 4 rings (SSSR count). The molecule has 0 radical (unpaired) electrons. The first-order valence-corrected chi connectivity index (χ1v) is 11.4. The van der Waals surface area contributed by atoms with Crippen LogP contribution in [0.5, 0.6) is 0 Å². The molecule has 1 saturated carbocycles. The minimum atomic E-state index is -2.60. The molecule has 1 atom stereocenters. The quantitative estimate of drug-likeness (QED) is 0.622. The van der Waals surface area contributed by atoms with Crippen molar-refractivity contribution in [3.8, 4) is 11.3 Å². The highest BCUT2D eigenvalue weighted by atomic mass is 32.2. The second kappa shape index (κ2) is 7.64. The first kappa shape index (κ1) is 17.9. The van der Waals surface area contributed by atoms with Gasteiger partial charge in [-0.25, -0.2) is 8.89 Å². The molecule has 0 N–H and O–H groups in total. The summed E-state index contributed by atoms with van der Waals surface area (Å²) in [6.07, 6.45) is 7.45. The van der Waals surface area contributed by atoms with Crippen molar-refractivity contribution >= 4 is 15.5 Å². The Hall–Kier alpha value is -2.47. The van der Waals surface area contributed by atoms with Crippen LogP contribution in [-0.4, -0.2) is 25.5 Å². The van der Waals surface area contributed by atoms with Crippen molar-refractivity contribution in [2.24, 2.45) is 4.36 Å². The second-order valence-corrected chi connectivity index (χ2v) is 9.33. The van der Waals surface area contributed by atoms with Crippen molar-refractivity contribution in [3.05, 3.63) is 60.7 Å². The SMILES string of the molecule is CS(=O)(=Nc1c(-c2ccccc2)nnn1C1CCCCC1)c1ccccc1. The predicted octanol–water partition coefficient (Wildman–Crippen LogP) is 5.24. The Bertz CT molecular complexity index is 1010. The van der Waals surface area contributed by atoms with Crippen LogP contribution in [0.2, 0.25) is 0 Å². The van der Waals surface area contributed by atoms with E-state index in [9.17, 15) is 4.21 Å². The molecule has 6 heteroatoms. The highest BCUT2D eigenvalue weighted by molar-refractivity contribution is 7.93. The minimum Gasteiger partial charge on any atom is -0.245 e. The fraction of sp³-hybridized carbons (Fsp3) is 0.333. The zero-order valence-electron chi connectivity index (χ0n) is 15.5. The molecule has 140 valence electrons. The lowest BCUT2D eigenvalue weighted by Gasteiger charge is -2.22. The van der Waals surface area contributed by atoms with E-state index >= 15 is 0 Å². The van der Waals surface area contributed by atoms with Gasteiger partial charge in [0.05, 0.1) is 15.8 Å². The molecule has 0 saturated heterocycles. The highest BCUT2D eigenvalue weighted by Crippen LogP contribution is 2.36. The number of aromatic nitrogens is 3. The summed E-state index contributed by atoms with van der Waals surface area (Å²) in [5.74, 6) is 0.629. The molecule has 0 spiro atoms. The summed E-state index contributed by atoms with van der Waals surface area (Å²) in [7, 11) is -2.60. The van der Waals surface area contributed by atoms with Gasteiger partial charge in [0.1, 0.15) is 5.69 Å². The van der Waals surface area contributed by atoms with Crippen LogP contribution in [0.3, 0.4) is 0 Å². The van der Waals surface area contributed by atoms with Crippen LogP contribution in [0, 0.1) is 0 Å². The lowest BCUT2D eigenvalue weighted by atomic mass is 9.95. The van der Waals surface area contributed by atoms with E-state index in [-0.39, 0.29) is 6.04 Å². The number of rotatable bonds is 4. The summed E-state index contributed by atoms with van der Waals surface area (Å²) in [6.45, 7) is 0. The molecule has 1 fully saturated rings. The van der Waals surface area contributed by atoms with Crippen LogP contribution in [-0.2, 0) is 9.73 Å². The zero-order valence-corrected chi connectivity index (χ0v) is 16.3. The van der Waals surface area contributed by atoms with Crippen molar-refractivity contribution in [1.82, 2.24) is 15.0 Å². The molecule has 0 amide bonds. The molecular weight excluding hydrogens is 356 g/mol. The Balaban J connectivity index is 1.87. The molecule has 1 aliphatic rings. The molecule has 1 heterocycles. The third kappa shape index (κ3) is 3.81. The summed E-state index contributed by atoms with van der Waals surface area (Å²) in [4.78, 5) is 0.723.